The third-order valence-electron chi connectivity index (χ3n) is 7.32. The van der Waals surface area contributed by atoms with Gasteiger partial charge >= 0.3 is 0 Å². The highest BCUT2D eigenvalue weighted by Crippen LogP contribution is 2.28. The second-order valence-corrected chi connectivity index (χ2v) is 12.1. The van der Waals surface area contributed by atoms with Crippen LogP contribution in [0.3, 0.4) is 0 Å². The molecule has 2 amide bonds. The number of nitro groups is 1. The Morgan fingerprint density at radius 3 is 2.31 bits per heavy atom. The summed E-state index contributed by atoms with van der Waals surface area (Å²) in [6.07, 6.45) is 4.75. The van der Waals surface area contributed by atoms with E-state index in [1.54, 1.807) is 13.0 Å². The minimum Gasteiger partial charge on any atom is -0.352 e. The number of anilines is 1. The van der Waals surface area contributed by atoms with Gasteiger partial charge in [-0.2, -0.15) is 0 Å². The molecule has 3 aromatic carbocycles. The van der Waals surface area contributed by atoms with Gasteiger partial charge in [-0.25, -0.2) is 12.8 Å². The summed E-state index contributed by atoms with van der Waals surface area (Å²) in [5.74, 6) is -1.56. The van der Waals surface area contributed by atoms with Crippen LogP contribution in [0.1, 0.15) is 44.6 Å². The van der Waals surface area contributed by atoms with E-state index in [1.807, 2.05) is 0 Å². The highest BCUT2D eigenvalue weighted by molar-refractivity contribution is 7.92. The van der Waals surface area contributed by atoms with Crippen LogP contribution in [-0.4, -0.2) is 48.7 Å². The Morgan fingerprint density at radius 1 is 1.00 bits per heavy atom. The van der Waals surface area contributed by atoms with E-state index in [0.29, 0.717) is 5.56 Å². The molecule has 1 N–H and O–H groups in total. The number of hydrogen-bond acceptors (Lipinski definition) is 6. The maximum Gasteiger partial charge on any atom is 0.271 e. The minimum absolute atomic E-state index is 0.0173. The molecule has 42 heavy (non-hydrogen) atoms. The van der Waals surface area contributed by atoms with Gasteiger partial charge in [-0.1, -0.05) is 55.7 Å². The lowest BCUT2D eigenvalue weighted by molar-refractivity contribution is -0.384. The highest BCUT2D eigenvalue weighted by Gasteiger charge is 2.33. The van der Waals surface area contributed by atoms with E-state index >= 15 is 0 Å². The predicted molar refractivity (Wildman–Crippen MR) is 155 cm³/mol. The van der Waals surface area contributed by atoms with Crippen molar-refractivity contribution in [2.24, 2.45) is 0 Å². The summed E-state index contributed by atoms with van der Waals surface area (Å²) in [6, 6.07) is 16.9. The van der Waals surface area contributed by atoms with Gasteiger partial charge < -0.3 is 10.2 Å². The molecule has 0 saturated heterocycles. The molecule has 222 valence electrons. The van der Waals surface area contributed by atoms with Gasteiger partial charge in [-0.05, 0) is 55.7 Å². The quantitative estimate of drug-likeness (QED) is 0.250. The monoisotopic (exact) mass is 596 g/mol. The van der Waals surface area contributed by atoms with E-state index in [0.717, 1.165) is 42.5 Å². The molecule has 0 aliphatic heterocycles. The zero-order chi connectivity index (χ0) is 30.3. The molecule has 1 aliphatic rings. The van der Waals surface area contributed by atoms with Crippen molar-refractivity contribution in [1.82, 2.24) is 10.2 Å². The first-order chi connectivity index (χ1) is 20.1. The predicted octanol–water partition coefficient (Wildman–Crippen LogP) is 4.80. The van der Waals surface area contributed by atoms with Crippen LogP contribution >= 0.6 is 0 Å². The Morgan fingerprint density at radius 2 is 1.67 bits per heavy atom. The number of nitrogens with zero attached hydrogens (tertiary/aromatic N) is 3. The molecular weight excluding hydrogens is 563 g/mol. The van der Waals surface area contributed by atoms with Crippen LogP contribution < -0.4 is 9.62 Å². The maximum atomic E-state index is 14.0. The average Bonchev–Trinajstić information content (AvgIpc) is 3.00. The van der Waals surface area contributed by atoms with E-state index in [1.165, 1.54) is 71.6 Å². The third kappa shape index (κ3) is 7.49. The molecule has 4 rings (SSSR count). The van der Waals surface area contributed by atoms with E-state index in [-0.39, 0.29) is 34.8 Å². The van der Waals surface area contributed by atoms with Gasteiger partial charge in [-0.3, -0.25) is 24.0 Å². The average molecular weight is 597 g/mol. The first-order valence-corrected chi connectivity index (χ1v) is 15.2. The van der Waals surface area contributed by atoms with Crippen LogP contribution in [0, 0.1) is 15.9 Å². The second-order valence-electron chi connectivity index (χ2n) is 10.3. The Labute approximate surface area is 244 Å². The number of carbonyl (C=O) groups excluding carboxylic acids is 2. The first kappa shape index (κ1) is 30.6. The molecule has 0 unspecified atom stereocenters. The van der Waals surface area contributed by atoms with E-state index in [9.17, 15) is 32.5 Å². The topological polar surface area (TPSA) is 130 Å². The Balaban J connectivity index is 1.69. The number of sulfonamides is 1. The van der Waals surface area contributed by atoms with E-state index < -0.39 is 39.3 Å². The highest BCUT2D eigenvalue weighted by atomic mass is 32.2. The fourth-order valence-electron chi connectivity index (χ4n) is 4.95. The van der Waals surface area contributed by atoms with Crippen molar-refractivity contribution >= 4 is 33.2 Å². The van der Waals surface area contributed by atoms with Gasteiger partial charge in [0.05, 0.1) is 15.5 Å². The fourth-order valence-corrected chi connectivity index (χ4v) is 6.38. The lowest BCUT2D eigenvalue weighted by atomic mass is 9.95. The van der Waals surface area contributed by atoms with Gasteiger partial charge in [-0.15, -0.1) is 0 Å². The molecule has 0 aromatic heterocycles. The lowest BCUT2D eigenvalue weighted by Gasteiger charge is -2.33. The summed E-state index contributed by atoms with van der Waals surface area (Å²) in [5, 5.41) is 14.5. The van der Waals surface area contributed by atoms with E-state index in [4.69, 9.17) is 0 Å². The maximum absolute atomic E-state index is 14.0. The van der Waals surface area contributed by atoms with Crippen LogP contribution in [-0.2, 0) is 26.2 Å². The third-order valence-corrected chi connectivity index (χ3v) is 9.11. The molecule has 0 bridgehead atoms. The van der Waals surface area contributed by atoms with Crippen molar-refractivity contribution in [1.29, 1.82) is 0 Å². The summed E-state index contributed by atoms with van der Waals surface area (Å²) in [7, 11) is -4.36. The molecule has 12 heteroatoms. The molecule has 1 atom stereocenters. The summed E-state index contributed by atoms with van der Waals surface area (Å²) < 4.78 is 42.0. The number of carbonyl (C=O) groups is 2. The standard InChI is InChI=1S/C30H33FN4O6S/c1-22(30(37)32-25-9-4-2-5-10-25)33(20-23-15-17-24(31)18-16-23)29(36)21-34(26-11-8-12-27(19-26)35(38)39)42(40,41)28-13-6-3-7-14-28/h3,6-8,11-19,22,25H,2,4-5,9-10,20-21H2,1H3,(H,32,37)/t22-/m0/s1. The minimum atomic E-state index is -4.36. The lowest BCUT2D eigenvalue weighted by Crippen LogP contribution is -2.53. The molecular formula is C30H33FN4O6S. The van der Waals surface area contributed by atoms with Gasteiger partial charge in [0.25, 0.3) is 15.7 Å². The van der Waals surface area contributed by atoms with Gasteiger partial charge in [0.15, 0.2) is 0 Å². The zero-order valence-electron chi connectivity index (χ0n) is 23.2. The van der Waals surface area contributed by atoms with Crippen LogP contribution in [0.25, 0.3) is 0 Å². The summed E-state index contributed by atoms with van der Waals surface area (Å²) in [4.78, 5) is 39.2. The van der Waals surface area contributed by atoms with E-state index in [2.05, 4.69) is 5.32 Å². The van der Waals surface area contributed by atoms with Crippen LogP contribution in [0.4, 0.5) is 15.8 Å². The number of benzene rings is 3. The van der Waals surface area contributed by atoms with Crippen molar-refractivity contribution < 1.29 is 27.3 Å². The second kappa shape index (κ2) is 13.6. The molecule has 0 heterocycles. The van der Waals surface area contributed by atoms with Crippen molar-refractivity contribution in [2.75, 3.05) is 10.8 Å². The molecule has 0 radical (unpaired) electrons. The van der Waals surface area contributed by atoms with Crippen molar-refractivity contribution in [2.45, 2.75) is 62.6 Å². The number of nitrogens with one attached hydrogen (secondary N) is 1. The van der Waals surface area contributed by atoms with Crippen LogP contribution in [0.15, 0.2) is 83.8 Å². The van der Waals surface area contributed by atoms with Crippen molar-refractivity contribution in [3.63, 3.8) is 0 Å². The summed E-state index contributed by atoms with van der Waals surface area (Å²) in [5.41, 5.74) is 0.105. The Bertz CT molecular complexity index is 1510. The zero-order valence-corrected chi connectivity index (χ0v) is 24.0. The molecule has 0 spiro atoms. The van der Waals surface area contributed by atoms with Crippen LogP contribution in [0.5, 0.6) is 0 Å². The number of halogens is 1. The SMILES string of the molecule is C[C@@H](C(=O)NC1CCCCC1)N(Cc1ccc(F)cc1)C(=O)CN(c1cccc([N+](=O)[O-])c1)S(=O)(=O)c1ccccc1. The molecule has 1 fully saturated rings. The largest absolute Gasteiger partial charge is 0.352 e. The van der Waals surface area contributed by atoms with Gasteiger partial charge in [0, 0.05) is 24.7 Å². The fraction of sp³-hybridized carbons (Fsp3) is 0.333. The summed E-state index contributed by atoms with van der Waals surface area (Å²) >= 11 is 0. The number of hydrogen-bond donors (Lipinski definition) is 1. The number of non-ortho nitro benzene ring substituents is 1. The Hall–Kier alpha value is -4.32. The summed E-state index contributed by atoms with van der Waals surface area (Å²) in [6.45, 7) is 0.732. The van der Waals surface area contributed by atoms with Gasteiger partial charge in [0.1, 0.15) is 18.4 Å². The van der Waals surface area contributed by atoms with Gasteiger partial charge in [0.2, 0.25) is 11.8 Å². The molecule has 3 aromatic rings. The van der Waals surface area contributed by atoms with Crippen molar-refractivity contribution in [3.05, 3.63) is 100 Å². The number of amides is 2. The molecule has 10 nitrogen and oxygen atoms in total. The normalized spacial score (nSPS) is 14.5. The Kier molecular flexibility index (Phi) is 9.89. The molecule has 1 aliphatic carbocycles. The first-order valence-electron chi connectivity index (χ1n) is 13.7. The van der Waals surface area contributed by atoms with Crippen LogP contribution in [0.2, 0.25) is 0 Å². The smallest absolute Gasteiger partial charge is 0.271 e. The number of nitro benzene ring substituents is 1. The number of rotatable bonds is 11. The van der Waals surface area contributed by atoms with Crippen molar-refractivity contribution in [3.8, 4) is 0 Å². The molecule has 1 saturated carbocycles.